The maximum absolute atomic E-state index is 11.1. The molecule has 1 heterocycles. The highest BCUT2D eigenvalue weighted by molar-refractivity contribution is 9.10. The molecule has 0 amide bonds. The smallest absolute Gasteiger partial charge is 0.170 e. The van der Waals surface area contributed by atoms with Crippen molar-refractivity contribution in [3.05, 3.63) is 46.1 Å². The molecule has 1 aromatic carbocycles. The number of Topliss-reactive ketones (excluding diaryl/α,β-unsaturated/α-hetero) is 1. The van der Waals surface area contributed by atoms with Crippen LogP contribution in [0.15, 0.2) is 39.4 Å². The Labute approximate surface area is 107 Å². The van der Waals surface area contributed by atoms with Crippen molar-refractivity contribution < 1.29 is 14.0 Å². The van der Waals surface area contributed by atoms with Crippen LogP contribution in [-0.4, -0.2) is 12.1 Å². The summed E-state index contributed by atoms with van der Waals surface area (Å²) in [4.78, 5) is 22.0. The Kier molecular flexibility index (Phi) is 3.24. The van der Waals surface area contributed by atoms with E-state index in [9.17, 15) is 9.59 Å². The molecule has 4 heteroatoms. The minimum Gasteiger partial charge on any atom is -0.449 e. The van der Waals surface area contributed by atoms with Gasteiger partial charge in [-0.05, 0) is 22.9 Å². The third kappa shape index (κ3) is 2.36. The summed E-state index contributed by atoms with van der Waals surface area (Å²) >= 11 is 3.18. The molecule has 86 valence electrons. The van der Waals surface area contributed by atoms with Crippen molar-refractivity contribution in [2.45, 2.75) is 6.92 Å². The molecule has 17 heavy (non-hydrogen) atoms. The number of aldehydes is 1. The van der Waals surface area contributed by atoms with E-state index in [1.165, 1.54) is 6.92 Å². The second-order valence-electron chi connectivity index (χ2n) is 3.59. The maximum atomic E-state index is 11.1. The van der Waals surface area contributed by atoms with E-state index in [1.54, 1.807) is 30.3 Å². The zero-order valence-electron chi connectivity index (χ0n) is 9.07. The van der Waals surface area contributed by atoms with Crippen LogP contribution in [0.1, 0.15) is 27.6 Å². The Morgan fingerprint density at radius 3 is 2.47 bits per heavy atom. The second kappa shape index (κ2) is 4.67. The number of carbonyl (C=O) groups excluding carboxylic acids is 2. The van der Waals surface area contributed by atoms with Crippen LogP contribution < -0.4 is 0 Å². The van der Waals surface area contributed by atoms with Gasteiger partial charge in [0.25, 0.3) is 0 Å². The molecule has 0 aliphatic rings. The quantitative estimate of drug-likeness (QED) is 0.640. The summed E-state index contributed by atoms with van der Waals surface area (Å²) in [7, 11) is 0. The van der Waals surface area contributed by atoms with Gasteiger partial charge >= 0.3 is 0 Å². The van der Waals surface area contributed by atoms with Gasteiger partial charge in [0.1, 0.15) is 5.76 Å². The van der Waals surface area contributed by atoms with Gasteiger partial charge in [-0.15, -0.1) is 0 Å². The maximum Gasteiger partial charge on any atom is 0.170 e. The highest BCUT2D eigenvalue weighted by atomic mass is 79.9. The molecule has 0 aliphatic carbocycles. The standard InChI is InChI=1S/C13H9BrO3/c1-8(16)9-2-4-10(5-3-9)13-11(7-15)6-12(14)17-13/h2-7H,1H3. The number of rotatable bonds is 3. The lowest BCUT2D eigenvalue weighted by Gasteiger charge is -2.00. The van der Waals surface area contributed by atoms with Crippen LogP contribution >= 0.6 is 15.9 Å². The first-order valence-corrected chi connectivity index (χ1v) is 5.77. The zero-order valence-corrected chi connectivity index (χ0v) is 10.7. The Hall–Kier alpha value is -1.68. The van der Waals surface area contributed by atoms with Crippen molar-refractivity contribution >= 4 is 28.0 Å². The van der Waals surface area contributed by atoms with E-state index in [1.807, 2.05) is 0 Å². The largest absolute Gasteiger partial charge is 0.449 e. The average molecular weight is 293 g/mol. The molecule has 0 saturated carbocycles. The molecule has 0 spiro atoms. The van der Waals surface area contributed by atoms with E-state index in [0.29, 0.717) is 21.6 Å². The van der Waals surface area contributed by atoms with Gasteiger partial charge in [0.2, 0.25) is 0 Å². The van der Waals surface area contributed by atoms with E-state index >= 15 is 0 Å². The van der Waals surface area contributed by atoms with Crippen molar-refractivity contribution in [2.24, 2.45) is 0 Å². The average Bonchev–Trinajstić information content (AvgIpc) is 2.70. The monoisotopic (exact) mass is 292 g/mol. The lowest BCUT2D eigenvalue weighted by molar-refractivity contribution is 0.101. The van der Waals surface area contributed by atoms with E-state index in [4.69, 9.17) is 4.42 Å². The Morgan fingerprint density at radius 1 is 1.29 bits per heavy atom. The van der Waals surface area contributed by atoms with E-state index < -0.39 is 0 Å². The van der Waals surface area contributed by atoms with Gasteiger partial charge in [0.15, 0.2) is 16.7 Å². The van der Waals surface area contributed by atoms with Crippen molar-refractivity contribution in [1.82, 2.24) is 0 Å². The van der Waals surface area contributed by atoms with Gasteiger partial charge < -0.3 is 4.42 Å². The van der Waals surface area contributed by atoms with Crippen molar-refractivity contribution in [3.63, 3.8) is 0 Å². The van der Waals surface area contributed by atoms with Crippen LogP contribution in [0.25, 0.3) is 11.3 Å². The predicted molar refractivity (Wildman–Crippen MR) is 67.2 cm³/mol. The van der Waals surface area contributed by atoms with Crippen LogP contribution in [0.5, 0.6) is 0 Å². The van der Waals surface area contributed by atoms with E-state index in [0.717, 1.165) is 11.8 Å². The number of hydrogen-bond donors (Lipinski definition) is 0. The number of halogens is 1. The van der Waals surface area contributed by atoms with Gasteiger partial charge in [-0.3, -0.25) is 9.59 Å². The summed E-state index contributed by atoms with van der Waals surface area (Å²) < 4.78 is 5.90. The first-order valence-electron chi connectivity index (χ1n) is 4.97. The van der Waals surface area contributed by atoms with E-state index in [-0.39, 0.29) is 5.78 Å². The molecule has 0 fully saturated rings. The summed E-state index contributed by atoms with van der Waals surface area (Å²) in [6, 6.07) is 8.55. The predicted octanol–water partition coefficient (Wildman–Crippen LogP) is 3.72. The molecule has 3 nitrogen and oxygen atoms in total. The number of furan rings is 1. The molecule has 1 aromatic heterocycles. The number of benzene rings is 1. The highest BCUT2D eigenvalue weighted by Crippen LogP contribution is 2.29. The molecule has 0 atom stereocenters. The van der Waals surface area contributed by atoms with Crippen LogP contribution in [-0.2, 0) is 0 Å². The molecule has 0 saturated heterocycles. The summed E-state index contributed by atoms with van der Waals surface area (Å²) in [6.07, 6.45) is 0.739. The van der Waals surface area contributed by atoms with Crippen LogP contribution in [0, 0.1) is 0 Å². The third-order valence-electron chi connectivity index (χ3n) is 2.41. The molecule has 0 unspecified atom stereocenters. The SMILES string of the molecule is CC(=O)c1ccc(-c2oc(Br)cc2C=O)cc1. The Morgan fingerprint density at radius 2 is 1.94 bits per heavy atom. The molecule has 2 aromatic rings. The van der Waals surface area contributed by atoms with E-state index in [2.05, 4.69) is 15.9 Å². The zero-order chi connectivity index (χ0) is 12.4. The lowest BCUT2D eigenvalue weighted by atomic mass is 10.1. The van der Waals surface area contributed by atoms with Crippen molar-refractivity contribution in [1.29, 1.82) is 0 Å². The first kappa shape index (κ1) is 11.8. The fourth-order valence-corrected chi connectivity index (χ4v) is 1.95. The summed E-state index contributed by atoms with van der Waals surface area (Å²) in [5, 5.41) is 0. The minimum atomic E-state index is 0.00721. The topological polar surface area (TPSA) is 47.3 Å². The Bertz CT molecular complexity index is 567. The molecule has 0 N–H and O–H groups in total. The molecular formula is C13H9BrO3. The van der Waals surface area contributed by atoms with Gasteiger partial charge in [-0.2, -0.15) is 0 Å². The number of hydrogen-bond acceptors (Lipinski definition) is 3. The summed E-state index contributed by atoms with van der Waals surface area (Å²) in [6.45, 7) is 1.51. The summed E-state index contributed by atoms with van der Waals surface area (Å²) in [5.74, 6) is 0.509. The summed E-state index contributed by atoms with van der Waals surface area (Å²) in [5.41, 5.74) is 1.88. The van der Waals surface area contributed by atoms with Gasteiger partial charge in [0.05, 0.1) is 5.56 Å². The minimum absolute atomic E-state index is 0.00721. The fraction of sp³-hybridized carbons (Fsp3) is 0.0769. The lowest BCUT2D eigenvalue weighted by Crippen LogP contribution is -1.91. The molecule has 0 aliphatic heterocycles. The normalized spacial score (nSPS) is 10.2. The molecular weight excluding hydrogens is 284 g/mol. The van der Waals surface area contributed by atoms with Crippen molar-refractivity contribution in [2.75, 3.05) is 0 Å². The van der Waals surface area contributed by atoms with Crippen LogP contribution in [0.4, 0.5) is 0 Å². The molecule has 2 rings (SSSR count). The number of ketones is 1. The second-order valence-corrected chi connectivity index (χ2v) is 4.37. The van der Waals surface area contributed by atoms with Gasteiger partial charge in [-0.25, -0.2) is 0 Å². The van der Waals surface area contributed by atoms with Crippen LogP contribution in [0.3, 0.4) is 0 Å². The van der Waals surface area contributed by atoms with Crippen molar-refractivity contribution in [3.8, 4) is 11.3 Å². The van der Waals surface area contributed by atoms with Gasteiger partial charge in [-0.1, -0.05) is 24.3 Å². The first-order chi connectivity index (χ1) is 8.11. The van der Waals surface area contributed by atoms with Gasteiger partial charge in [0, 0.05) is 17.2 Å². The Balaban J connectivity index is 2.46. The molecule has 0 radical (unpaired) electrons. The fourth-order valence-electron chi connectivity index (χ4n) is 1.54. The van der Waals surface area contributed by atoms with Crippen LogP contribution in [0.2, 0.25) is 0 Å². The highest BCUT2D eigenvalue weighted by Gasteiger charge is 2.11. The third-order valence-corrected chi connectivity index (χ3v) is 2.80. The number of carbonyl (C=O) groups is 2. The molecule has 0 bridgehead atoms.